The van der Waals surface area contributed by atoms with Crippen molar-refractivity contribution in [1.29, 1.82) is 0 Å². The van der Waals surface area contributed by atoms with Crippen LogP contribution in [0.2, 0.25) is 0 Å². The van der Waals surface area contributed by atoms with Crippen LogP contribution in [0.5, 0.6) is 0 Å². The third-order valence-corrected chi connectivity index (χ3v) is 3.39. The number of methoxy groups -OCH3 is 1. The van der Waals surface area contributed by atoms with Crippen molar-refractivity contribution in [1.82, 2.24) is 9.38 Å². The highest BCUT2D eigenvalue weighted by Gasteiger charge is 2.12. The van der Waals surface area contributed by atoms with Crippen LogP contribution >= 0.6 is 0 Å². The highest BCUT2D eigenvalue weighted by atomic mass is 16.5. The molecule has 0 saturated heterocycles. The minimum atomic E-state index is 0.583. The first-order valence-corrected chi connectivity index (χ1v) is 6.52. The monoisotopic (exact) mass is 267 g/mol. The maximum atomic E-state index is 6.27. The third kappa shape index (κ3) is 2.04. The molecule has 0 amide bonds. The smallest absolute Gasteiger partial charge is 0.139 e. The Kier molecular flexibility index (Phi) is 3.16. The Morgan fingerprint density at radius 2 is 2.00 bits per heavy atom. The number of benzene rings is 1. The van der Waals surface area contributed by atoms with Gasteiger partial charge in [0.05, 0.1) is 6.61 Å². The van der Waals surface area contributed by atoms with Gasteiger partial charge in [-0.05, 0) is 30.7 Å². The molecular weight excluding hydrogens is 250 g/mol. The number of anilines is 1. The summed E-state index contributed by atoms with van der Waals surface area (Å²) < 4.78 is 7.14. The van der Waals surface area contributed by atoms with Crippen molar-refractivity contribution in [3.05, 3.63) is 53.7 Å². The lowest BCUT2D eigenvalue weighted by Crippen LogP contribution is -1.97. The van der Waals surface area contributed by atoms with E-state index in [9.17, 15) is 0 Å². The van der Waals surface area contributed by atoms with Gasteiger partial charge in [0, 0.05) is 18.4 Å². The molecule has 4 heteroatoms. The van der Waals surface area contributed by atoms with Crippen LogP contribution in [0.15, 0.2) is 42.5 Å². The summed E-state index contributed by atoms with van der Waals surface area (Å²) in [4.78, 5) is 4.64. The van der Waals surface area contributed by atoms with E-state index in [0.717, 1.165) is 28.2 Å². The number of ether oxygens (including phenoxy) is 1. The number of nitrogen functional groups attached to an aromatic ring is 1. The number of nitrogens with two attached hydrogens (primary N) is 1. The van der Waals surface area contributed by atoms with Crippen molar-refractivity contribution in [3.63, 3.8) is 0 Å². The Labute approximate surface area is 117 Å². The molecule has 4 nitrogen and oxygen atoms in total. The molecule has 3 aromatic rings. The maximum Gasteiger partial charge on any atom is 0.139 e. The quantitative estimate of drug-likeness (QED) is 0.793. The summed E-state index contributed by atoms with van der Waals surface area (Å²) >= 11 is 0. The van der Waals surface area contributed by atoms with E-state index in [0.29, 0.717) is 12.4 Å². The van der Waals surface area contributed by atoms with Crippen molar-refractivity contribution in [3.8, 4) is 11.3 Å². The fraction of sp³-hybridized carbons (Fsp3) is 0.188. The van der Waals surface area contributed by atoms with Crippen molar-refractivity contribution < 1.29 is 4.74 Å². The van der Waals surface area contributed by atoms with E-state index < -0.39 is 0 Å². The van der Waals surface area contributed by atoms with Gasteiger partial charge in [0.25, 0.3) is 0 Å². The van der Waals surface area contributed by atoms with Crippen LogP contribution in [0, 0.1) is 6.92 Å². The second kappa shape index (κ2) is 4.98. The Hall–Kier alpha value is -2.33. The van der Waals surface area contributed by atoms with Gasteiger partial charge < -0.3 is 10.5 Å². The van der Waals surface area contributed by atoms with E-state index in [4.69, 9.17) is 10.5 Å². The van der Waals surface area contributed by atoms with Crippen LogP contribution in [0.25, 0.3) is 16.9 Å². The average molecular weight is 267 g/mol. The van der Waals surface area contributed by atoms with E-state index in [2.05, 4.69) is 11.1 Å². The van der Waals surface area contributed by atoms with Gasteiger partial charge in [0.15, 0.2) is 0 Å². The van der Waals surface area contributed by atoms with Crippen LogP contribution in [-0.4, -0.2) is 16.5 Å². The number of fused-ring (bicyclic) bond motifs is 1. The zero-order chi connectivity index (χ0) is 14.1. The molecule has 0 unspecified atom stereocenters. The minimum absolute atomic E-state index is 0.583. The van der Waals surface area contributed by atoms with Gasteiger partial charge in [-0.1, -0.05) is 24.3 Å². The molecule has 0 bridgehead atoms. The second-order valence-corrected chi connectivity index (χ2v) is 4.84. The molecular formula is C16H17N3O. The lowest BCUT2D eigenvalue weighted by Gasteiger charge is -2.04. The molecule has 2 heterocycles. The Bertz CT molecular complexity index is 762. The maximum absolute atomic E-state index is 6.27. The number of aromatic nitrogens is 2. The molecule has 0 aliphatic rings. The molecule has 0 fully saturated rings. The number of hydrogen-bond acceptors (Lipinski definition) is 3. The zero-order valence-corrected chi connectivity index (χ0v) is 11.6. The van der Waals surface area contributed by atoms with Crippen LogP contribution in [0.4, 0.5) is 5.82 Å². The summed E-state index contributed by atoms with van der Waals surface area (Å²) in [5.74, 6) is 0.674. The minimum Gasteiger partial charge on any atom is -0.383 e. The number of imidazole rings is 1. The van der Waals surface area contributed by atoms with Crippen LogP contribution < -0.4 is 5.73 Å². The van der Waals surface area contributed by atoms with Crippen molar-refractivity contribution >= 4 is 11.5 Å². The van der Waals surface area contributed by atoms with E-state index >= 15 is 0 Å². The molecule has 0 spiro atoms. The van der Waals surface area contributed by atoms with Gasteiger partial charge >= 0.3 is 0 Å². The van der Waals surface area contributed by atoms with Crippen LogP contribution in [0.3, 0.4) is 0 Å². The second-order valence-electron chi connectivity index (χ2n) is 4.84. The highest BCUT2D eigenvalue weighted by molar-refractivity contribution is 5.75. The predicted octanol–water partition coefficient (Wildman–Crippen LogP) is 3.04. The summed E-state index contributed by atoms with van der Waals surface area (Å²) in [6.07, 6.45) is 0. The summed E-state index contributed by atoms with van der Waals surface area (Å²) in [5.41, 5.74) is 11.2. The summed E-state index contributed by atoms with van der Waals surface area (Å²) in [5, 5.41) is 0. The number of hydrogen-bond donors (Lipinski definition) is 1. The molecule has 0 saturated carbocycles. The normalized spacial score (nSPS) is 11.1. The molecule has 2 aromatic heterocycles. The predicted molar refractivity (Wildman–Crippen MR) is 80.5 cm³/mol. The van der Waals surface area contributed by atoms with Gasteiger partial charge in [0.2, 0.25) is 0 Å². The molecule has 0 radical (unpaired) electrons. The standard InChI is InChI=1S/C16H17N3O/c1-11-5-3-8-14-18-15(16(17)19(11)14)13-7-4-6-12(9-13)10-20-2/h3-9H,10,17H2,1-2H3. The molecule has 0 atom stereocenters. The lowest BCUT2D eigenvalue weighted by molar-refractivity contribution is 0.185. The van der Waals surface area contributed by atoms with Gasteiger partial charge in [-0.3, -0.25) is 4.40 Å². The lowest BCUT2D eigenvalue weighted by atomic mass is 10.1. The van der Waals surface area contributed by atoms with Gasteiger partial charge in [-0.15, -0.1) is 0 Å². The summed E-state index contributed by atoms with van der Waals surface area (Å²) in [6, 6.07) is 14.1. The molecule has 102 valence electrons. The van der Waals surface area contributed by atoms with Gasteiger partial charge in [0.1, 0.15) is 17.2 Å². The first-order valence-electron chi connectivity index (χ1n) is 6.52. The first-order chi connectivity index (χ1) is 9.70. The van der Waals surface area contributed by atoms with Crippen molar-refractivity contribution in [2.24, 2.45) is 0 Å². The Balaban J connectivity index is 2.17. The highest BCUT2D eigenvalue weighted by Crippen LogP contribution is 2.28. The summed E-state index contributed by atoms with van der Waals surface area (Å²) in [6.45, 7) is 2.61. The summed E-state index contributed by atoms with van der Waals surface area (Å²) in [7, 11) is 1.69. The molecule has 2 N–H and O–H groups in total. The number of nitrogens with zero attached hydrogens (tertiary/aromatic N) is 2. The van der Waals surface area contributed by atoms with Crippen LogP contribution in [0.1, 0.15) is 11.3 Å². The molecule has 0 aliphatic heterocycles. The van der Waals surface area contributed by atoms with E-state index in [1.807, 2.05) is 47.7 Å². The number of pyridine rings is 1. The topological polar surface area (TPSA) is 52.5 Å². The van der Waals surface area contributed by atoms with E-state index in [-0.39, 0.29) is 0 Å². The molecule has 3 rings (SSSR count). The molecule has 1 aromatic carbocycles. The average Bonchev–Trinajstić information content (AvgIpc) is 2.78. The molecule has 0 aliphatic carbocycles. The number of rotatable bonds is 3. The van der Waals surface area contributed by atoms with E-state index in [1.165, 1.54) is 0 Å². The van der Waals surface area contributed by atoms with Crippen LogP contribution in [-0.2, 0) is 11.3 Å². The van der Waals surface area contributed by atoms with Gasteiger partial charge in [-0.25, -0.2) is 4.98 Å². The molecule has 20 heavy (non-hydrogen) atoms. The van der Waals surface area contributed by atoms with Gasteiger partial charge in [-0.2, -0.15) is 0 Å². The third-order valence-electron chi connectivity index (χ3n) is 3.39. The Morgan fingerprint density at radius 1 is 1.20 bits per heavy atom. The number of aryl methyl sites for hydroxylation is 1. The van der Waals surface area contributed by atoms with Crippen molar-refractivity contribution in [2.75, 3.05) is 12.8 Å². The largest absolute Gasteiger partial charge is 0.383 e. The van der Waals surface area contributed by atoms with Crippen molar-refractivity contribution in [2.45, 2.75) is 13.5 Å². The fourth-order valence-electron chi connectivity index (χ4n) is 2.47. The van der Waals surface area contributed by atoms with E-state index in [1.54, 1.807) is 7.11 Å². The SMILES string of the molecule is COCc1cccc(-c2nc3cccc(C)n3c2N)c1. The zero-order valence-electron chi connectivity index (χ0n) is 11.6. The Morgan fingerprint density at radius 3 is 2.75 bits per heavy atom. The fourth-order valence-corrected chi connectivity index (χ4v) is 2.47. The first kappa shape index (κ1) is 12.7.